The van der Waals surface area contributed by atoms with Crippen molar-refractivity contribution >= 4 is 35.1 Å². The highest BCUT2D eigenvalue weighted by molar-refractivity contribution is 7.08. The molecule has 1 amide bonds. The molecule has 3 nitrogen and oxygen atoms in total. The molecule has 0 spiro atoms. The number of hydrazone groups is 1. The first-order valence-electron chi connectivity index (χ1n) is 4.87. The minimum absolute atomic E-state index is 0.279. The first-order valence-corrected chi connectivity index (χ1v) is 6.19. The highest BCUT2D eigenvalue weighted by atomic mass is 35.5. The van der Waals surface area contributed by atoms with Gasteiger partial charge in [0.1, 0.15) is 0 Å². The Labute approximate surface area is 108 Å². The van der Waals surface area contributed by atoms with Crippen LogP contribution in [0.25, 0.3) is 0 Å². The minimum Gasteiger partial charge on any atom is -0.267 e. The van der Waals surface area contributed by atoms with Crippen LogP contribution in [-0.2, 0) is 0 Å². The van der Waals surface area contributed by atoms with Gasteiger partial charge in [0.25, 0.3) is 5.91 Å². The summed E-state index contributed by atoms with van der Waals surface area (Å²) >= 11 is 7.36. The first kappa shape index (κ1) is 11.8. The van der Waals surface area contributed by atoms with Gasteiger partial charge in [-0.05, 0) is 35.0 Å². The molecule has 17 heavy (non-hydrogen) atoms. The fourth-order valence-electron chi connectivity index (χ4n) is 1.21. The molecule has 2 aromatic rings. The Bertz CT molecular complexity index is 537. The van der Waals surface area contributed by atoms with Crippen molar-refractivity contribution in [3.8, 4) is 0 Å². The zero-order valence-corrected chi connectivity index (χ0v) is 10.3. The lowest BCUT2D eigenvalue weighted by atomic mass is 10.2. The second-order valence-electron chi connectivity index (χ2n) is 3.27. The molecule has 0 radical (unpaired) electrons. The highest BCUT2D eigenvalue weighted by Crippen LogP contribution is 2.10. The molecule has 0 saturated carbocycles. The van der Waals surface area contributed by atoms with E-state index in [0.717, 1.165) is 5.56 Å². The van der Waals surface area contributed by atoms with Gasteiger partial charge < -0.3 is 0 Å². The van der Waals surface area contributed by atoms with E-state index < -0.39 is 0 Å². The molecule has 5 heteroatoms. The van der Waals surface area contributed by atoms with Crippen molar-refractivity contribution in [3.05, 3.63) is 57.2 Å². The van der Waals surface area contributed by atoms with Crippen LogP contribution in [0, 0.1) is 0 Å². The van der Waals surface area contributed by atoms with Crippen molar-refractivity contribution in [2.75, 3.05) is 0 Å². The van der Waals surface area contributed by atoms with Crippen LogP contribution in [0.15, 0.2) is 46.2 Å². The number of rotatable bonds is 3. The van der Waals surface area contributed by atoms with Gasteiger partial charge in [0.05, 0.1) is 6.21 Å². The number of amides is 1. The zero-order chi connectivity index (χ0) is 12.1. The van der Waals surface area contributed by atoms with Gasteiger partial charge in [-0.2, -0.15) is 16.4 Å². The maximum absolute atomic E-state index is 11.6. The van der Waals surface area contributed by atoms with Crippen LogP contribution < -0.4 is 5.43 Å². The van der Waals surface area contributed by atoms with Crippen LogP contribution in [-0.4, -0.2) is 12.1 Å². The standard InChI is InChI=1S/C12H9ClN2OS/c13-11-3-1-2-10(6-11)12(16)15-14-7-9-4-5-17-8-9/h1-8H,(H,15,16)/b14-7+. The Balaban J connectivity index is 1.98. The lowest BCUT2D eigenvalue weighted by Crippen LogP contribution is -2.17. The largest absolute Gasteiger partial charge is 0.271 e. The molecule has 86 valence electrons. The average molecular weight is 265 g/mol. The number of hydrogen-bond acceptors (Lipinski definition) is 3. The number of hydrogen-bond donors (Lipinski definition) is 1. The first-order chi connectivity index (χ1) is 8.25. The molecular weight excluding hydrogens is 256 g/mol. The van der Waals surface area contributed by atoms with Crippen LogP contribution in [0.1, 0.15) is 15.9 Å². The summed E-state index contributed by atoms with van der Waals surface area (Å²) in [5.41, 5.74) is 3.89. The molecule has 0 bridgehead atoms. The van der Waals surface area contributed by atoms with E-state index in [1.165, 1.54) is 0 Å². The summed E-state index contributed by atoms with van der Waals surface area (Å²) in [5, 5.41) is 8.27. The predicted octanol–water partition coefficient (Wildman–Crippen LogP) is 3.17. The van der Waals surface area contributed by atoms with Gasteiger partial charge in [-0.25, -0.2) is 5.43 Å². The Morgan fingerprint density at radius 3 is 3.00 bits per heavy atom. The van der Waals surface area contributed by atoms with Gasteiger partial charge in [0, 0.05) is 16.1 Å². The third-order valence-corrected chi connectivity index (χ3v) is 2.95. The second kappa shape index (κ2) is 5.61. The normalized spacial score (nSPS) is 10.6. The van der Waals surface area contributed by atoms with E-state index in [1.807, 2.05) is 16.8 Å². The summed E-state index contributed by atoms with van der Waals surface area (Å²) in [7, 11) is 0. The van der Waals surface area contributed by atoms with E-state index in [0.29, 0.717) is 10.6 Å². The van der Waals surface area contributed by atoms with Gasteiger partial charge in [-0.1, -0.05) is 17.7 Å². The number of nitrogens with one attached hydrogen (secondary N) is 1. The topological polar surface area (TPSA) is 41.5 Å². The van der Waals surface area contributed by atoms with Crippen LogP contribution >= 0.6 is 22.9 Å². The Hall–Kier alpha value is -1.65. The molecule has 1 N–H and O–H groups in total. The Morgan fingerprint density at radius 1 is 1.41 bits per heavy atom. The molecule has 0 saturated heterocycles. The lowest BCUT2D eigenvalue weighted by Gasteiger charge is -1.99. The third-order valence-electron chi connectivity index (χ3n) is 2.01. The molecule has 0 aliphatic heterocycles. The van der Waals surface area contributed by atoms with E-state index in [-0.39, 0.29) is 5.91 Å². The summed E-state index contributed by atoms with van der Waals surface area (Å²) in [6.45, 7) is 0. The van der Waals surface area contributed by atoms with Crippen LogP contribution in [0.3, 0.4) is 0 Å². The summed E-state index contributed by atoms with van der Waals surface area (Å²) in [5.74, 6) is -0.279. The molecular formula is C12H9ClN2OS. The monoisotopic (exact) mass is 264 g/mol. The SMILES string of the molecule is O=C(N/N=C/c1ccsc1)c1cccc(Cl)c1. The van der Waals surface area contributed by atoms with Crippen molar-refractivity contribution in [2.45, 2.75) is 0 Å². The molecule has 0 aliphatic carbocycles. The van der Waals surface area contributed by atoms with E-state index in [4.69, 9.17) is 11.6 Å². The average Bonchev–Trinajstić information content (AvgIpc) is 2.82. The van der Waals surface area contributed by atoms with E-state index in [2.05, 4.69) is 10.5 Å². The van der Waals surface area contributed by atoms with Crippen molar-refractivity contribution in [1.82, 2.24) is 5.43 Å². The van der Waals surface area contributed by atoms with Crippen molar-refractivity contribution in [3.63, 3.8) is 0 Å². The second-order valence-corrected chi connectivity index (χ2v) is 4.48. The van der Waals surface area contributed by atoms with E-state index in [9.17, 15) is 4.79 Å². The van der Waals surface area contributed by atoms with E-state index in [1.54, 1.807) is 41.8 Å². The fraction of sp³-hybridized carbons (Fsp3) is 0. The number of thiophene rings is 1. The smallest absolute Gasteiger partial charge is 0.267 e. The predicted molar refractivity (Wildman–Crippen MR) is 70.8 cm³/mol. The highest BCUT2D eigenvalue weighted by Gasteiger charge is 2.03. The molecule has 1 aromatic carbocycles. The minimum atomic E-state index is -0.279. The third kappa shape index (κ3) is 3.41. The maximum Gasteiger partial charge on any atom is 0.271 e. The number of halogens is 1. The molecule has 0 unspecified atom stereocenters. The van der Waals surface area contributed by atoms with Crippen LogP contribution in [0.4, 0.5) is 0 Å². The van der Waals surface area contributed by atoms with E-state index >= 15 is 0 Å². The number of benzene rings is 1. The molecule has 1 aromatic heterocycles. The number of carbonyl (C=O) groups excluding carboxylic acids is 1. The lowest BCUT2D eigenvalue weighted by molar-refractivity contribution is 0.0955. The Kier molecular flexibility index (Phi) is 3.90. The molecule has 0 atom stereocenters. The molecule has 0 aliphatic rings. The van der Waals surface area contributed by atoms with Gasteiger partial charge in [0.15, 0.2) is 0 Å². The van der Waals surface area contributed by atoms with Gasteiger partial charge in [-0.15, -0.1) is 0 Å². The zero-order valence-electron chi connectivity index (χ0n) is 8.76. The van der Waals surface area contributed by atoms with Crippen LogP contribution in [0.2, 0.25) is 5.02 Å². The summed E-state index contributed by atoms with van der Waals surface area (Å²) in [6.07, 6.45) is 1.60. The van der Waals surface area contributed by atoms with Crippen molar-refractivity contribution < 1.29 is 4.79 Å². The number of nitrogens with zero attached hydrogens (tertiary/aromatic N) is 1. The van der Waals surface area contributed by atoms with Gasteiger partial charge in [0.2, 0.25) is 0 Å². The van der Waals surface area contributed by atoms with Gasteiger partial charge >= 0.3 is 0 Å². The molecule has 0 fully saturated rings. The van der Waals surface area contributed by atoms with Crippen molar-refractivity contribution in [1.29, 1.82) is 0 Å². The van der Waals surface area contributed by atoms with Gasteiger partial charge in [-0.3, -0.25) is 4.79 Å². The summed E-state index contributed by atoms with van der Waals surface area (Å²) < 4.78 is 0. The Morgan fingerprint density at radius 2 is 2.29 bits per heavy atom. The van der Waals surface area contributed by atoms with Crippen molar-refractivity contribution in [2.24, 2.45) is 5.10 Å². The fourth-order valence-corrected chi connectivity index (χ4v) is 2.01. The summed E-state index contributed by atoms with van der Waals surface area (Å²) in [6, 6.07) is 8.63. The molecule has 2 rings (SSSR count). The number of carbonyl (C=O) groups is 1. The maximum atomic E-state index is 11.6. The quantitative estimate of drug-likeness (QED) is 0.671. The summed E-state index contributed by atoms with van der Waals surface area (Å²) in [4.78, 5) is 11.6. The molecule has 1 heterocycles. The van der Waals surface area contributed by atoms with Crippen LogP contribution in [0.5, 0.6) is 0 Å².